The van der Waals surface area contributed by atoms with E-state index in [9.17, 15) is 5.11 Å². The Labute approximate surface area is 83.7 Å². The van der Waals surface area contributed by atoms with Crippen LogP contribution >= 0.6 is 23.5 Å². The maximum absolute atomic E-state index is 9.81. The topological polar surface area (TPSA) is 20.2 Å². The first-order valence-electron chi connectivity index (χ1n) is 4.67. The number of hydrogen-bond donors (Lipinski definition) is 1. The van der Waals surface area contributed by atoms with Crippen LogP contribution in [0.4, 0.5) is 0 Å². The van der Waals surface area contributed by atoms with E-state index in [2.05, 4.69) is 13.8 Å². The van der Waals surface area contributed by atoms with Crippen molar-refractivity contribution in [1.29, 1.82) is 0 Å². The van der Waals surface area contributed by atoms with Crippen LogP contribution in [0.15, 0.2) is 0 Å². The highest BCUT2D eigenvalue weighted by atomic mass is 32.2. The molecule has 3 unspecified atom stereocenters. The van der Waals surface area contributed by atoms with Crippen molar-refractivity contribution in [2.24, 2.45) is 0 Å². The summed E-state index contributed by atoms with van der Waals surface area (Å²) in [5, 5.41) is 10.9. The summed E-state index contributed by atoms with van der Waals surface area (Å²) in [4.78, 5) is 0. The second-order valence-corrected chi connectivity index (χ2v) is 6.04. The average Bonchev–Trinajstić information content (AvgIpc) is 2.05. The Morgan fingerprint density at radius 3 is 2.67 bits per heavy atom. The summed E-state index contributed by atoms with van der Waals surface area (Å²) >= 11 is 3.95. The van der Waals surface area contributed by atoms with E-state index >= 15 is 0 Å². The Bertz CT molecular complexity index is 130. The van der Waals surface area contributed by atoms with Crippen molar-refractivity contribution in [2.45, 2.75) is 43.3 Å². The molecule has 0 aromatic heterocycles. The zero-order chi connectivity index (χ0) is 8.97. The standard InChI is InChI=1S/C9H18OS2/c1-3-4-8(10)9-7(2)11-5-6-12-9/h7-10H,3-6H2,1-2H3. The van der Waals surface area contributed by atoms with Crippen LogP contribution in [0.2, 0.25) is 0 Å². The molecular weight excluding hydrogens is 188 g/mol. The molecule has 1 fully saturated rings. The largest absolute Gasteiger partial charge is 0.392 e. The number of rotatable bonds is 3. The average molecular weight is 206 g/mol. The highest BCUT2D eigenvalue weighted by Crippen LogP contribution is 2.33. The molecule has 0 amide bonds. The Hall–Kier alpha value is 0.660. The Morgan fingerprint density at radius 1 is 1.42 bits per heavy atom. The van der Waals surface area contributed by atoms with Crippen molar-refractivity contribution in [2.75, 3.05) is 11.5 Å². The fourth-order valence-corrected chi connectivity index (χ4v) is 4.42. The Morgan fingerprint density at radius 2 is 2.08 bits per heavy atom. The molecule has 0 saturated carbocycles. The first-order chi connectivity index (χ1) is 5.75. The summed E-state index contributed by atoms with van der Waals surface area (Å²) < 4.78 is 0. The van der Waals surface area contributed by atoms with E-state index in [1.165, 1.54) is 11.5 Å². The number of hydrogen-bond acceptors (Lipinski definition) is 3. The molecule has 1 rings (SSSR count). The molecule has 1 aliphatic heterocycles. The number of thioether (sulfide) groups is 2. The lowest BCUT2D eigenvalue weighted by molar-refractivity contribution is 0.160. The fraction of sp³-hybridized carbons (Fsp3) is 1.00. The molecule has 1 nitrogen and oxygen atoms in total. The van der Waals surface area contributed by atoms with E-state index < -0.39 is 0 Å². The Kier molecular flexibility index (Phi) is 4.84. The van der Waals surface area contributed by atoms with Gasteiger partial charge in [0.25, 0.3) is 0 Å². The van der Waals surface area contributed by atoms with Crippen LogP contribution in [0.1, 0.15) is 26.7 Å². The maximum Gasteiger partial charge on any atom is 0.0669 e. The fourth-order valence-electron chi connectivity index (χ4n) is 1.53. The van der Waals surface area contributed by atoms with Gasteiger partial charge in [0, 0.05) is 22.0 Å². The number of aliphatic hydroxyl groups is 1. The van der Waals surface area contributed by atoms with Crippen LogP contribution in [0.25, 0.3) is 0 Å². The minimum atomic E-state index is -0.0807. The molecule has 12 heavy (non-hydrogen) atoms. The molecule has 0 aromatic carbocycles. The third kappa shape index (κ3) is 2.86. The summed E-state index contributed by atoms with van der Waals surface area (Å²) in [5.74, 6) is 2.46. The quantitative estimate of drug-likeness (QED) is 0.765. The zero-order valence-corrected chi connectivity index (χ0v) is 9.46. The van der Waals surface area contributed by atoms with Gasteiger partial charge >= 0.3 is 0 Å². The third-order valence-electron chi connectivity index (χ3n) is 2.20. The summed E-state index contributed by atoms with van der Waals surface area (Å²) in [6.07, 6.45) is 1.97. The normalized spacial score (nSPS) is 33.2. The molecule has 1 heterocycles. The maximum atomic E-state index is 9.81. The van der Waals surface area contributed by atoms with Crippen LogP contribution in [0, 0.1) is 0 Å². The molecule has 3 atom stereocenters. The van der Waals surface area contributed by atoms with E-state index in [0.717, 1.165) is 12.8 Å². The van der Waals surface area contributed by atoms with Gasteiger partial charge in [0.05, 0.1) is 6.10 Å². The van der Waals surface area contributed by atoms with Crippen molar-refractivity contribution < 1.29 is 5.11 Å². The predicted octanol–water partition coefficient (Wildman–Crippen LogP) is 2.38. The third-order valence-corrected chi connectivity index (χ3v) is 5.44. The monoisotopic (exact) mass is 206 g/mol. The summed E-state index contributed by atoms with van der Waals surface area (Å²) in [6.45, 7) is 4.37. The van der Waals surface area contributed by atoms with Crippen molar-refractivity contribution in [3.05, 3.63) is 0 Å². The SMILES string of the molecule is CCCC(O)C1SCCSC1C. The second kappa shape index (κ2) is 5.40. The molecule has 1 N–H and O–H groups in total. The van der Waals surface area contributed by atoms with Gasteiger partial charge in [-0.2, -0.15) is 23.5 Å². The predicted molar refractivity (Wildman–Crippen MR) is 59.1 cm³/mol. The minimum Gasteiger partial charge on any atom is -0.392 e. The zero-order valence-electron chi connectivity index (χ0n) is 7.82. The molecule has 0 bridgehead atoms. The molecule has 1 saturated heterocycles. The van der Waals surface area contributed by atoms with Gasteiger partial charge in [-0.15, -0.1) is 0 Å². The lowest BCUT2D eigenvalue weighted by Crippen LogP contribution is -2.34. The van der Waals surface area contributed by atoms with Gasteiger partial charge in [-0.05, 0) is 6.42 Å². The summed E-state index contributed by atoms with van der Waals surface area (Å²) in [6, 6.07) is 0. The lowest BCUT2D eigenvalue weighted by atomic mass is 10.1. The summed E-state index contributed by atoms with van der Waals surface area (Å²) in [7, 11) is 0. The first kappa shape index (κ1) is 10.7. The molecule has 0 aromatic rings. The summed E-state index contributed by atoms with van der Waals surface area (Å²) in [5.41, 5.74) is 0. The van der Waals surface area contributed by atoms with Crippen molar-refractivity contribution in [3.8, 4) is 0 Å². The number of aliphatic hydroxyl groups excluding tert-OH is 1. The van der Waals surface area contributed by atoms with Gasteiger partial charge in [-0.25, -0.2) is 0 Å². The van der Waals surface area contributed by atoms with Crippen LogP contribution in [0.3, 0.4) is 0 Å². The van der Waals surface area contributed by atoms with Gasteiger partial charge in [0.2, 0.25) is 0 Å². The van der Waals surface area contributed by atoms with Crippen molar-refractivity contribution in [1.82, 2.24) is 0 Å². The molecular formula is C9H18OS2. The van der Waals surface area contributed by atoms with Crippen LogP contribution in [-0.2, 0) is 0 Å². The van der Waals surface area contributed by atoms with E-state index in [0.29, 0.717) is 10.5 Å². The minimum absolute atomic E-state index is 0.0807. The van der Waals surface area contributed by atoms with Crippen molar-refractivity contribution in [3.63, 3.8) is 0 Å². The van der Waals surface area contributed by atoms with Gasteiger partial charge in [-0.3, -0.25) is 0 Å². The van der Waals surface area contributed by atoms with E-state index in [1.54, 1.807) is 0 Å². The van der Waals surface area contributed by atoms with Crippen LogP contribution < -0.4 is 0 Å². The highest BCUT2D eigenvalue weighted by Gasteiger charge is 2.28. The molecule has 72 valence electrons. The van der Waals surface area contributed by atoms with Gasteiger partial charge in [-0.1, -0.05) is 20.3 Å². The lowest BCUT2D eigenvalue weighted by Gasteiger charge is -2.31. The molecule has 1 aliphatic rings. The smallest absolute Gasteiger partial charge is 0.0669 e. The van der Waals surface area contributed by atoms with Crippen LogP contribution in [-0.4, -0.2) is 33.2 Å². The van der Waals surface area contributed by atoms with Crippen LogP contribution in [0.5, 0.6) is 0 Å². The van der Waals surface area contributed by atoms with E-state index in [4.69, 9.17) is 0 Å². The first-order valence-corrected chi connectivity index (χ1v) is 6.76. The molecule has 0 radical (unpaired) electrons. The second-order valence-electron chi connectivity index (χ2n) is 3.27. The molecule has 0 aliphatic carbocycles. The van der Waals surface area contributed by atoms with Gasteiger partial charge in [0.15, 0.2) is 0 Å². The highest BCUT2D eigenvalue weighted by molar-refractivity contribution is 8.07. The molecule has 0 spiro atoms. The molecule has 3 heteroatoms. The van der Waals surface area contributed by atoms with E-state index in [-0.39, 0.29) is 6.10 Å². The Balaban J connectivity index is 2.36. The van der Waals surface area contributed by atoms with Gasteiger partial charge < -0.3 is 5.11 Å². The van der Waals surface area contributed by atoms with E-state index in [1.807, 2.05) is 23.5 Å². The van der Waals surface area contributed by atoms with Gasteiger partial charge in [0.1, 0.15) is 0 Å². The van der Waals surface area contributed by atoms with Crippen molar-refractivity contribution >= 4 is 23.5 Å².